The van der Waals surface area contributed by atoms with E-state index in [1.165, 1.54) is 0 Å². The van der Waals surface area contributed by atoms with E-state index in [9.17, 15) is 0 Å². The molecule has 4 nitrogen and oxygen atoms in total. The van der Waals surface area contributed by atoms with Crippen molar-refractivity contribution in [2.75, 3.05) is 0 Å². The Hall–Kier alpha value is -1.44. The molecule has 0 radical (unpaired) electrons. The maximum Gasteiger partial charge on any atom is 0.172 e. The van der Waals surface area contributed by atoms with Crippen LogP contribution in [-0.4, -0.2) is 12.1 Å². The summed E-state index contributed by atoms with van der Waals surface area (Å²) in [6.45, 7) is 1.71. The molecular weight excluding hydrogens is 212 g/mol. The summed E-state index contributed by atoms with van der Waals surface area (Å²) in [5, 5.41) is 16.9. The molecule has 1 rings (SSSR count). The Balaban J connectivity index is 2.82. The van der Waals surface area contributed by atoms with Crippen LogP contribution < -0.4 is 5.73 Å². The van der Waals surface area contributed by atoms with E-state index in [0.29, 0.717) is 10.7 Å². The highest BCUT2D eigenvalue weighted by atomic mass is 35.5. The Kier molecular flexibility index (Phi) is 4.22. The van der Waals surface area contributed by atoms with Crippen molar-refractivity contribution in [3.8, 4) is 6.07 Å². The Bertz CT molecular complexity index is 395. The summed E-state index contributed by atoms with van der Waals surface area (Å²) >= 11 is 5.86. The highest BCUT2D eigenvalue weighted by Gasteiger charge is 2.10. The normalized spacial score (nSPS) is 14.8. The van der Waals surface area contributed by atoms with Gasteiger partial charge in [0.2, 0.25) is 0 Å². The Morgan fingerprint density at radius 2 is 2.13 bits per heavy atom. The van der Waals surface area contributed by atoms with Gasteiger partial charge in [-0.05, 0) is 19.1 Å². The number of benzene rings is 1. The molecule has 0 aromatic heterocycles. The Morgan fingerprint density at radius 3 is 2.67 bits per heavy atom. The topological polar surface area (TPSA) is 74.5 Å². The van der Waals surface area contributed by atoms with E-state index < -0.39 is 6.04 Å². The third kappa shape index (κ3) is 3.31. The third-order valence-corrected chi connectivity index (χ3v) is 2.09. The van der Waals surface area contributed by atoms with Crippen LogP contribution in [0.15, 0.2) is 34.5 Å². The zero-order valence-electron chi connectivity index (χ0n) is 8.26. The zero-order valence-corrected chi connectivity index (χ0v) is 9.02. The van der Waals surface area contributed by atoms with E-state index >= 15 is 0 Å². The van der Waals surface area contributed by atoms with Gasteiger partial charge in [0.1, 0.15) is 5.69 Å². The summed E-state index contributed by atoms with van der Waals surface area (Å²) in [6.07, 6.45) is 0. The molecule has 1 aromatic carbocycles. The smallest absolute Gasteiger partial charge is 0.172 e. The van der Waals surface area contributed by atoms with Crippen molar-refractivity contribution >= 4 is 17.3 Å². The predicted octanol–water partition coefficient (Wildman–Crippen LogP) is 2.66. The number of azo groups is 1. The van der Waals surface area contributed by atoms with E-state index in [0.717, 1.165) is 0 Å². The largest absolute Gasteiger partial charge is 0.325 e. The Labute approximate surface area is 93.4 Å². The zero-order chi connectivity index (χ0) is 11.3. The van der Waals surface area contributed by atoms with Gasteiger partial charge in [-0.15, -0.1) is 0 Å². The molecule has 0 fully saturated rings. The molecule has 2 atom stereocenters. The summed E-state index contributed by atoms with van der Waals surface area (Å²) in [5.41, 5.74) is 6.08. The molecule has 1 aromatic rings. The van der Waals surface area contributed by atoms with Crippen LogP contribution in [0.5, 0.6) is 0 Å². The van der Waals surface area contributed by atoms with Crippen LogP contribution in [0.4, 0.5) is 5.69 Å². The van der Waals surface area contributed by atoms with Crippen LogP contribution >= 0.6 is 11.6 Å². The van der Waals surface area contributed by atoms with Crippen molar-refractivity contribution in [1.29, 1.82) is 5.26 Å². The maximum absolute atomic E-state index is 8.73. The molecule has 0 heterocycles. The van der Waals surface area contributed by atoms with E-state index in [4.69, 9.17) is 22.6 Å². The van der Waals surface area contributed by atoms with Gasteiger partial charge >= 0.3 is 0 Å². The minimum Gasteiger partial charge on any atom is -0.325 e. The van der Waals surface area contributed by atoms with Crippen LogP contribution in [0.2, 0.25) is 5.02 Å². The monoisotopic (exact) mass is 222 g/mol. The van der Waals surface area contributed by atoms with Gasteiger partial charge in [-0.2, -0.15) is 15.5 Å². The second-order valence-corrected chi connectivity index (χ2v) is 3.51. The second-order valence-electron chi connectivity index (χ2n) is 3.10. The third-order valence-electron chi connectivity index (χ3n) is 1.77. The molecule has 0 saturated heterocycles. The first-order chi connectivity index (χ1) is 7.15. The second kappa shape index (κ2) is 5.44. The molecule has 5 heteroatoms. The molecule has 0 bridgehead atoms. The molecule has 0 aliphatic carbocycles. The molecule has 0 amide bonds. The van der Waals surface area contributed by atoms with Crippen LogP contribution in [0.1, 0.15) is 6.92 Å². The van der Waals surface area contributed by atoms with Crippen LogP contribution in [-0.2, 0) is 0 Å². The highest BCUT2D eigenvalue weighted by molar-refractivity contribution is 6.32. The number of halogens is 1. The van der Waals surface area contributed by atoms with Gasteiger partial charge in [-0.3, -0.25) is 0 Å². The van der Waals surface area contributed by atoms with Gasteiger partial charge in [-0.25, -0.2) is 0 Å². The lowest BCUT2D eigenvalue weighted by Crippen LogP contribution is -2.28. The lowest BCUT2D eigenvalue weighted by atomic mass is 10.2. The van der Waals surface area contributed by atoms with Crippen molar-refractivity contribution in [3.05, 3.63) is 29.3 Å². The maximum atomic E-state index is 8.73. The number of hydrogen-bond acceptors (Lipinski definition) is 4. The minimum atomic E-state index is -0.638. The standard InChI is InChI=1S/C10H11ClN4/c1-7(13)10(6-12)15-14-9-5-3-2-4-8(9)11/h2-5,7,10H,13H2,1H3/t7-,10-/m0/s1. The fourth-order valence-corrected chi connectivity index (χ4v) is 1.08. The molecule has 0 unspecified atom stereocenters. The van der Waals surface area contributed by atoms with Crippen molar-refractivity contribution in [3.63, 3.8) is 0 Å². The number of nitrogens with zero attached hydrogens (tertiary/aromatic N) is 3. The average Bonchev–Trinajstić information content (AvgIpc) is 2.21. The number of nitrogens with two attached hydrogens (primary N) is 1. The molecule has 78 valence electrons. The number of rotatable bonds is 3. The molecular formula is C10H11ClN4. The molecule has 0 saturated carbocycles. The molecule has 0 spiro atoms. The molecule has 0 aliphatic rings. The summed E-state index contributed by atoms with van der Waals surface area (Å²) in [7, 11) is 0. The summed E-state index contributed by atoms with van der Waals surface area (Å²) < 4.78 is 0. The van der Waals surface area contributed by atoms with Gasteiger partial charge in [0, 0.05) is 6.04 Å². The SMILES string of the molecule is C[C@H](N)[C@H](C#N)N=Nc1ccccc1Cl. The van der Waals surface area contributed by atoms with Crippen LogP contribution in [0.3, 0.4) is 0 Å². The number of hydrogen-bond donors (Lipinski definition) is 1. The summed E-state index contributed by atoms with van der Waals surface area (Å²) in [4.78, 5) is 0. The highest BCUT2D eigenvalue weighted by Crippen LogP contribution is 2.24. The van der Waals surface area contributed by atoms with Gasteiger partial charge in [0.05, 0.1) is 11.1 Å². The van der Waals surface area contributed by atoms with E-state index in [1.54, 1.807) is 31.2 Å². The Morgan fingerprint density at radius 1 is 1.47 bits per heavy atom. The first-order valence-electron chi connectivity index (χ1n) is 4.45. The average molecular weight is 223 g/mol. The fraction of sp³-hybridized carbons (Fsp3) is 0.300. The number of nitriles is 1. The predicted molar refractivity (Wildman–Crippen MR) is 59.0 cm³/mol. The van der Waals surface area contributed by atoms with Crippen molar-refractivity contribution in [1.82, 2.24) is 0 Å². The fourth-order valence-electron chi connectivity index (χ4n) is 0.906. The first kappa shape index (κ1) is 11.6. The quantitative estimate of drug-likeness (QED) is 0.799. The van der Waals surface area contributed by atoms with E-state index in [1.807, 2.05) is 6.07 Å². The first-order valence-corrected chi connectivity index (χ1v) is 4.83. The molecule has 15 heavy (non-hydrogen) atoms. The summed E-state index contributed by atoms with van der Waals surface area (Å²) in [5.74, 6) is 0. The van der Waals surface area contributed by atoms with Crippen molar-refractivity contribution in [2.45, 2.75) is 19.0 Å². The van der Waals surface area contributed by atoms with E-state index in [-0.39, 0.29) is 6.04 Å². The van der Waals surface area contributed by atoms with Crippen LogP contribution in [0.25, 0.3) is 0 Å². The molecule has 2 N–H and O–H groups in total. The van der Waals surface area contributed by atoms with E-state index in [2.05, 4.69) is 10.2 Å². The van der Waals surface area contributed by atoms with Gasteiger partial charge in [-0.1, -0.05) is 23.7 Å². The van der Waals surface area contributed by atoms with Crippen molar-refractivity contribution < 1.29 is 0 Å². The lowest BCUT2D eigenvalue weighted by molar-refractivity contribution is 0.639. The summed E-state index contributed by atoms with van der Waals surface area (Å²) in [6, 6.07) is 8.01. The van der Waals surface area contributed by atoms with Gasteiger partial charge < -0.3 is 5.73 Å². The van der Waals surface area contributed by atoms with Crippen LogP contribution in [0, 0.1) is 11.3 Å². The minimum absolute atomic E-state index is 0.346. The van der Waals surface area contributed by atoms with Crippen molar-refractivity contribution in [2.24, 2.45) is 16.0 Å². The van der Waals surface area contributed by atoms with Gasteiger partial charge in [0.25, 0.3) is 0 Å². The lowest BCUT2D eigenvalue weighted by Gasteiger charge is -2.05. The van der Waals surface area contributed by atoms with Gasteiger partial charge in [0.15, 0.2) is 6.04 Å². The molecule has 0 aliphatic heterocycles.